The number of rotatable bonds is 6. The summed E-state index contributed by atoms with van der Waals surface area (Å²) in [6, 6.07) is 15.8. The Morgan fingerprint density at radius 1 is 0.923 bits per heavy atom. The normalized spacial score (nSPS) is 10.7. The third-order valence-corrected chi connectivity index (χ3v) is 4.01. The highest BCUT2D eigenvalue weighted by Gasteiger charge is 2.05. The van der Waals surface area contributed by atoms with Crippen molar-refractivity contribution in [3.05, 3.63) is 65.9 Å². The van der Waals surface area contributed by atoms with Crippen LogP contribution in [0.5, 0.6) is 5.75 Å². The van der Waals surface area contributed by atoms with Crippen molar-refractivity contribution in [3.63, 3.8) is 0 Å². The number of anilines is 4. The second kappa shape index (κ2) is 7.87. The van der Waals surface area contributed by atoms with Crippen LogP contribution in [0, 0.1) is 13.8 Å². The number of hydrogen-bond acceptors (Lipinski definition) is 5. The summed E-state index contributed by atoms with van der Waals surface area (Å²) in [7, 11) is 0. The molecule has 0 aliphatic heterocycles. The van der Waals surface area contributed by atoms with Gasteiger partial charge in [0.2, 0.25) is 5.95 Å². The molecule has 0 spiro atoms. The van der Waals surface area contributed by atoms with Crippen molar-refractivity contribution in [1.29, 1.82) is 0 Å². The van der Waals surface area contributed by atoms with Gasteiger partial charge in [0.1, 0.15) is 11.6 Å². The molecule has 0 fully saturated rings. The lowest BCUT2D eigenvalue weighted by Gasteiger charge is -2.12. The van der Waals surface area contributed by atoms with Gasteiger partial charge < -0.3 is 15.4 Å². The van der Waals surface area contributed by atoms with E-state index in [0.29, 0.717) is 5.95 Å². The van der Waals surface area contributed by atoms with Gasteiger partial charge in [-0.2, -0.15) is 4.98 Å². The van der Waals surface area contributed by atoms with Gasteiger partial charge in [0.15, 0.2) is 0 Å². The summed E-state index contributed by atoms with van der Waals surface area (Å²) in [6.07, 6.45) is 1.90. The maximum Gasteiger partial charge on any atom is 0.229 e. The summed E-state index contributed by atoms with van der Waals surface area (Å²) in [5.41, 5.74) is 4.37. The van der Waals surface area contributed by atoms with E-state index in [1.54, 1.807) is 6.20 Å². The van der Waals surface area contributed by atoms with Crippen LogP contribution in [0.4, 0.5) is 23.1 Å². The van der Waals surface area contributed by atoms with E-state index >= 15 is 0 Å². The Morgan fingerprint density at radius 3 is 2.42 bits per heavy atom. The van der Waals surface area contributed by atoms with Crippen LogP contribution in [0.25, 0.3) is 0 Å². The van der Waals surface area contributed by atoms with E-state index < -0.39 is 0 Å². The first-order chi connectivity index (χ1) is 12.5. The van der Waals surface area contributed by atoms with Crippen molar-refractivity contribution in [1.82, 2.24) is 9.97 Å². The van der Waals surface area contributed by atoms with Crippen LogP contribution in [-0.2, 0) is 0 Å². The molecular formula is C21H24N4O. The molecule has 2 N–H and O–H groups in total. The first kappa shape index (κ1) is 17.7. The average molecular weight is 348 g/mol. The summed E-state index contributed by atoms with van der Waals surface area (Å²) in [5, 5.41) is 6.58. The number of aryl methyl sites for hydroxylation is 1. The summed E-state index contributed by atoms with van der Waals surface area (Å²) in [6.45, 7) is 8.20. The van der Waals surface area contributed by atoms with Crippen LogP contribution in [0.15, 0.2) is 54.7 Å². The standard InChI is InChI=1S/C21H24N4O/c1-14(2)26-18-10-8-17(9-11-18)23-20-12-13-22-21(25-20)24-19-7-5-6-15(3)16(19)4/h5-14H,1-4H3,(H2,22,23,24,25). The highest BCUT2D eigenvalue weighted by molar-refractivity contribution is 5.62. The minimum absolute atomic E-state index is 0.161. The quantitative estimate of drug-likeness (QED) is 0.627. The minimum atomic E-state index is 0.161. The molecule has 0 aliphatic carbocycles. The number of nitrogens with zero attached hydrogens (tertiary/aromatic N) is 2. The third kappa shape index (κ3) is 4.51. The first-order valence-electron chi connectivity index (χ1n) is 8.71. The molecule has 0 unspecified atom stereocenters. The van der Waals surface area contributed by atoms with E-state index in [4.69, 9.17) is 4.74 Å². The van der Waals surface area contributed by atoms with Gasteiger partial charge in [0.05, 0.1) is 6.10 Å². The van der Waals surface area contributed by atoms with Crippen LogP contribution in [0.1, 0.15) is 25.0 Å². The number of benzene rings is 2. The smallest absolute Gasteiger partial charge is 0.229 e. The second-order valence-electron chi connectivity index (χ2n) is 6.45. The predicted molar refractivity (Wildman–Crippen MR) is 107 cm³/mol. The molecular weight excluding hydrogens is 324 g/mol. The Morgan fingerprint density at radius 2 is 1.69 bits per heavy atom. The molecule has 3 rings (SSSR count). The van der Waals surface area contributed by atoms with E-state index in [0.717, 1.165) is 22.9 Å². The van der Waals surface area contributed by atoms with Gasteiger partial charge in [0, 0.05) is 17.6 Å². The molecule has 0 aliphatic rings. The summed E-state index contributed by atoms with van der Waals surface area (Å²) < 4.78 is 5.66. The van der Waals surface area contributed by atoms with E-state index in [9.17, 15) is 0 Å². The van der Waals surface area contributed by atoms with Gasteiger partial charge in [-0.15, -0.1) is 0 Å². The highest BCUT2D eigenvalue weighted by Crippen LogP contribution is 2.23. The lowest BCUT2D eigenvalue weighted by Crippen LogP contribution is -2.05. The Kier molecular flexibility index (Phi) is 5.37. The molecule has 0 radical (unpaired) electrons. The third-order valence-electron chi connectivity index (χ3n) is 4.01. The average Bonchev–Trinajstić information content (AvgIpc) is 2.61. The molecule has 0 amide bonds. The van der Waals surface area contributed by atoms with Gasteiger partial charge in [-0.1, -0.05) is 12.1 Å². The summed E-state index contributed by atoms with van der Waals surface area (Å²) >= 11 is 0. The van der Waals surface area contributed by atoms with Gasteiger partial charge in [0.25, 0.3) is 0 Å². The zero-order valence-electron chi connectivity index (χ0n) is 15.6. The SMILES string of the molecule is Cc1cccc(Nc2nccc(Nc3ccc(OC(C)C)cc3)n2)c1C. The minimum Gasteiger partial charge on any atom is -0.491 e. The summed E-state index contributed by atoms with van der Waals surface area (Å²) in [4.78, 5) is 8.85. The molecule has 5 heteroatoms. The lowest BCUT2D eigenvalue weighted by atomic mass is 10.1. The van der Waals surface area contributed by atoms with Crippen LogP contribution < -0.4 is 15.4 Å². The van der Waals surface area contributed by atoms with Crippen molar-refractivity contribution in [2.24, 2.45) is 0 Å². The van der Waals surface area contributed by atoms with E-state index in [-0.39, 0.29) is 6.10 Å². The number of hydrogen-bond donors (Lipinski definition) is 2. The van der Waals surface area contributed by atoms with Gasteiger partial charge >= 0.3 is 0 Å². The number of ether oxygens (including phenoxy) is 1. The highest BCUT2D eigenvalue weighted by atomic mass is 16.5. The van der Waals surface area contributed by atoms with Crippen LogP contribution in [-0.4, -0.2) is 16.1 Å². The molecule has 0 saturated carbocycles. The second-order valence-corrected chi connectivity index (χ2v) is 6.45. The summed E-state index contributed by atoms with van der Waals surface area (Å²) in [5.74, 6) is 2.14. The predicted octanol–water partition coefficient (Wildman–Crippen LogP) is 5.37. The molecule has 26 heavy (non-hydrogen) atoms. The molecule has 5 nitrogen and oxygen atoms in total. The fraction of sp³-hybridized carbons (Fsp3) is 0.238. The van der Waals surface area contributed by atoms with Crippen LogP contribution >= 0.6 is 0 Å². The fourth-order valence-electron chi connectivity index (χ4n) is 2.53. The van der Waals surface area contributed by atoms with Crippen molar-refractivity contribution in [2.75, 3.05) is 10.6 Å². The van der Waals surface area contributed by atoms with Gasteiger partial charge in [-0.3, -0.25) is 0 Å². The van der Waals surface area contributed by atoms with Crippen LogP contribution in [0.3, 0.4) is 0 Å². The van der Waals surface area contributed by atoms with E-state index in [2.05, 4.69) is 40.5 Å². The maximum absolute atomic E-state index is 5.66. The number of nitrogens with one attached hydrogen (secondary N) is 2. The zero-order chi connectivity index (χ0) is 18.5. The first-order valence-corrected chi connectivity index (χ1v) is 8.71. The largest absolute Gasteiger partial charge is 0.491 e. The molecule has 3 aromatic rings. The zero-order valence-corrected chi connectivity index (χ0v) is 15.6. The van der Waals surface area contributed by atoms with E-state index in [1.165, 1.54) is 11.1 Å². The molecule has 0 bridgehead atoms. The molecule has 1 aromatic heterocycles. The van der Waals surface area contributed by atoms with E-state index in [1.807, 2.05) is 56.3 Å². The fourth-order valence-corrected chi connectivity index (χ4v) is 2.53. The lowest BCUT2D eigenvalue weighted by molar-refractivity contribution is 0.242. The Balaban J connectivity index is 1.72. The maximum atomic E-state index is 5.66. The van der Waals surface area contributed by atoms with Crippen molar-refractivity contribution in [2.45, 2.75) is 33.8 Å². The van der Waals surface area contributed by atoms with Gasteiger partial charge in [-0.05, 0) is 75.2 Å². The Hall–Kier alpha value is -3.08. The molecule has 1 heterocycles. The van der Waals surface area contributed by atoms with Crippen molar-refractivity contribution in [3.8, 4) is 5.75 Å². The van der Waals surface area contributed by atoms with Gasteiger partial charge in [-0.25, -0.2) is 4.98 Å². The Bertz CT molecular complexity index is 875. The number of aromatic nitrogens is 2. The molecule has 0 atom stereocenters. The van der Waals surface area contributed by atoms with Crippen molar-refractivity contribution >= 4 is 23.1 Å². The monoisotopic (exact) mass is 348 g/mol. The molecule has 2 aromatic carbocycles. The molecule has 134 valence electrons. The van der Waals surface area contributed by atoms with Crippen LogP contribution in [0.2, 0.25) is 0 Å². The Labute approximate surface area is 154 Å². The van der Waals surface area contributed by atoms with Crippen molar-refractivity contribution < 1.29 is 4.74 Å². The topological polar surface area (TPSA) is 59.1 Å². The molecule has 0 saturated heterocycles.